The van der Waals surface area contributed by atoms with Crippen LogP contribution in [0, 0.1) is 16.2 Å². The number of carboxylic acids is 2. The second-order valence-corrected chi connectivity index (χ2v) is 33.2. The van der Waals surface area contributed by atoms with Gasteiger partial charge in [-0.25, -0.2) is 0 Å². The molecule has 1 aliphatic heterocycles. The van der Waals surface area contributed by atoms with E-state index in [4.69, 9.17) is 73.6 Å². The van der Waals surface area contributed by atoms with Gasteiger partial charge in [-0.2, -0.15) is 0 Å². The molecule has 0 aromatic heterocycles. The quantitative estimate of drug-likeness (QED) is 0.0164. The Morgan fingerprint density at radius 2 is 0.699 bits per heavy atom. The van der Waals surface area contributed by atoms with Crippen molar-refractivity contribution >= 4 is 160 Å². The van der Waals surface area contributed by atoms with Crippen molar-refractivity contribution in [1.82, 2.24) is 106 Å². The van der Waals surface area contributed by atoms with E-state index in [1.54, 1.807) is 0 Å². The van der Waals surface area contributed by atoms with E-state index in [1.807, 2.05) is 0 Å². The first kappa shape index (κ1) is 123. The molecule has 1 aromatic carbocycles. The number of aliphatic carboxylic acids is 2. The summed E-state index contributed by atoms with van der Waals surface area (Å²) in [5.74, 6) is -29.6. The number of primary amides is 5. The molecule has 0 radical (unpaired) electrons. The molecule has 17 atom stereocenters. The number of amides is 22. The van der Waals surface area contributed by atoms with Crippen molar-refractivity contribution < 1.29 is 135 Å². The number of carbonyl (C=O) groups is 24. The molecule has 0 aliphatic carbocycles. The Morgan fingerprint density at radius 3 is 1.08 bits per heavy atom. The molecule has 46 N–H and O–H groups in total. The molecule has 796 valence electrons. The molecule has 1 fully saturated rings. The molecule has 0 spiro atoms. The van der Waals surface area contributed by atoms with Crippen LogP contribution in [0.15, 0.2) is 24.3 Å². The van der Waals surface area contributed by atoms with E-state index in [0.29, 0.717) is 18.4 Å². The van der Waals surface area contributed by atoms with Gasteiger partial charge in [0.1, 0.15) is 102 Å². The van der Waals surface area contributed by atoms with Crippen LogP contribution in [0.25, 0.3) is 0 Å². The van der Waals surface area contributed by atoms with Gasteiger partial charge in [-0.05, 0) is 148 Å². The second-order valence-electron chi connectivity index (χ2n) is 33.2. The van der Waals surface area contributed by atoms with E-state index in [2.05, 4.69) is 101 Å². The summed E-state index contributed by atoms with van der Waals surface area (Å²) < 4.78 is 0. The predicted octanol–water partition coefficient (Wildman–Crippen LogP) is -16.3. The Labute approximate surface area is 818 Å². The average Bonchev–Trinajstić information content (AvgIpc) is 1.72. The fourth-order valence-electron chi connectivity index (χ4n) is 13.6. The Balaban J connectivity index is 2.32. The van der Waals surface area contributed by atoms with Crippen molar-refractivity contribution in [2.75, 3.05) is 45.9 Å². The van der Waals surface area contributed by atoms with Crippen LogP contribution in [-0.4, -0.2) is 334 Å². The third-order valence-electron chi connectivity index (χ3n) is 21.3. The third kappa shape index (κ3) is 48.4. The lowest BCUT2D eigenvalue weighted by molar-refractivity contribution is -0.143. The normalized spacial score (nSPS) is 15.3. The maximum absolute atomic E-state index is 14.4. The van der Waals surface area contributed by atoms with Gasteiger partial charge in [-0.1, -0.05) is 12.1 Å². The first-order valence-electron chi connectivity index (χ1n) is 45.2. The number of unbranched alkanes of at least 4 members (excludes halogenated alkanes) is 1. The monoisotopic (exact) mass is 2030 g/mol. The topological polar surface area (TPSA) is 1050 Å². The smallest absolute Gasteiger partial charge is 0.303 e. The maximum Gasteiger partial charge on any atom is 0.303 e. The zero-order chi connectivity index (χ0) is 108. The van der Waals surface area contributed by atoms with Crippen molar-refractivity contribution in [3.63, 3.8) is 0 Å². The molecule has 61 nitrogen and oxygen atoms in total. The van der Waals surface area contributed by atoms with Gasteiger partial charge in [0.15, 0.2) is 17.9 Å². The Morgan fingerprint density at radius 1 is 0.371 bits per heavy atom. The van der Waals surface area contributed by atoms with Crippen LogP contribution in [0.3, 0.4) is 0 Å². The third-order valence-corrected chi connectivity index (χ3v) is 21.3. The van der Waals surface area contributed by atoms with Gasteiger partial charge in [-0.15, -0.1) is 0 Å². The van der Waals surface area contributed by atoms with E-state index in [9.17, 15) is 135 Å². The number of aliphatic hydroxyl groups is 1. The lowest BCUT2D eigenvalue weighted by Crippen LogP contribution is -2.61. The van der Waals surface area contributed by atoms with Gasteiger partial charge in [0.25, 0.3) is 0 Å². The molecule has 0 unspecified atom stereocenters. The molecular formula is C82H135N33O28. The summed E-state index contributed by atoms with van der Waals surface area (Å²) in [4.78, 5) is 322. The first-order chi connectivity index (χ1) is 67.1. The first-order valence-corrected chi connectivity index (χ1v) is 45.2. The Kier molecular flexibility index (Phi) is 54.7. The number of rotatable bonds is 68. The maximum atomic E-state index is 14.4. The van der Waals surface area contributed by atoms with Gasteiger partial charge >= 0.3 is 11.9 Å². The second kappa shape index (κ2) is 63.5. The van der Waals surface area contributed by atoms with Crippen molar-refractivity contribution in [3.05, 3.63) is 29.8 Å². The van der Waals surface area contributed by atoms with Crippen molar-refractivity contribution in [2.24, 2.45) is 57.3 Å². The molecule has 1 heterocycles. The predicted molar refractivity (Wildman–Crippen MR) is 499 cm³/mol. The zero-order valence-electron chi connectivity index (χ0n) is 79.2. The van der Waals surface area contributed by atoms with Crippen LogP contribution in [0.4, 0.5) is 0 Å². The number of aromatic hydroxyl groups is 1. The Hall–Kier alpha value is -16.0. The number of nitrogens with one attached hydrogen (secondary N) is 22. The van der Waals surface area contributed by atoms with Crippen LogP contribution in [0.1, 0.15) is 162 Å². The lowest BCUT2D eigenvalue weighted by Gasteiger charge is -2.30. The number of hydrogen-bond acceptors (Lipinski definition) is 31. The fraction of sp³-hybridized carbons (Fsp3) is 0.598. The number of likely N-dealkylation sites (tertiary alicyclic amines) is 1. The molecular weight excluding hydrogens is 1900 g/mol. The summed E-state index contributed by atoms with van der Waals surface area (Å²) in [6, 6.07) is -23.2. The van der Waals surface area contributed by atoms with Gasteiger partial charge in [0, 0.05) is 45.4 Å². The summed E-state index contributed by atoms with van der Waals surface area (Å²) in [5.41, 5.74) is 55.6. The summed E-state index contributed by atoms with van der Waals surface area (Å²) in [6.45, 7) is 2.26. The number of nitrogens with two attached hydrogens (primary N) is 10. The number of hydrogen-bond donors (Lipinski definition) is 36. The Bertz CT molecular complexity index is 4700. The number of carbonyl (C=O) groups excluding carboxylic acids is 22. The number of phenols is 1. The van der Waals surface area contributed by atoms with E-state index in [0.717, 1.165) is 32.6 Å². The van der Waals surface area contributed by atoms with E-state index >= 15 is 0 Å². The molecule has 61 heteroatoms. The van der Waals surface area contributed by atoms with Crippen LogP contribution < -0.4 is 158 Å². The standard InChI is InChI=1S/C82H135N33O28/c1-37(101-66(130)39(3)103-70(134)48(20-23-56(85)118)109-71(135)46(13-8-28-97-81(92)93)108-75(139)51(32-57(86)119)111-72(136)47(14-9-29-98-82(94)95)107-73(137)49(21-24-61(123)124)105-68(132)43(84)31-41-16-18-42(117)19-17-41)64(128)100-38(2)65(129)102-40(4)67(131)113-53(34-59(88)121)79(143)115-30-10-15-55(115)78(142)110-50(22-25-62(125)126)74(138)112-52(33-58(87)120)76(140)114-54(36-116)77(141)106-45(12-7-27-96-80(90)91)69(133)99-35-60(122)104-44(63(89)127)11-5-6-26-83/h16-19,37-40,43-55,116-117H,5-15,20-36,83-84H2,1-4H3,(H2,85,118)(H2,86,119)(H2,87,120)(H2,88,121)(H2,89,127)(H,99,133)(H,100,128)(H,101,130)(H,102,129)(H,103,134)(H,104,122)(H,105,132)(H,106,141)(H,107,137)(H,108,139)(H,109,135)(H,110,142)(H,111,136)(H,112,138)(H,113,131)(H,114,140)(H,123,124)(H,125,126)(H4,90,91,96)(H4,92,93,97)(H4,94,95,98)/t37-,38-,39-,40-,43-,44-,45-,46-,47-,48-,49-,50-,51-,52-,53-,54-,55-/m0/s1. The van der Waals surface area contributed by atoms with Crippen molar-refractivity contribution in [1.29, 1.82) is 16.2 Å². The summed E-state index contributed by atoms with van der Waals surface area (Å²) in [5, 5.41) is 106. The molecule has 22 amide bonds. The average molecular weight is 2030 g/mol. The highest BCUT2D eigenvalue weighted by Crippen LogP contribution is 2.21. The minimum Gasteiger partial charge on any atom is -0.508 e. The van der Waals surface area contributed by atoms with Crippen LogP contribution in [-0.2, 0) is 121 Å². The molecule has 1 aliphatic rings. The van der Waals surface area contributed by atoms with E-state index in [1.165, 1.54) is 24.3 Å². The number of nitrogens with zero attached hydrogens (tertiary/aromatic N) is 1. The van der Waals surface area contributed by atoms with E-state index < -0.39 is 340 Å². The summed E-state index contributed by atoms with van der Waals surface area (Å²) >= 11 is 0. The lowest BCUT2D eigenvalue weighted by atomic mass is 10.0. The summed E-state index contributed by atoms with van der Waals surface area (Å²) in [6.07, 6.45) is -7.45. The van der Waals surface area contributed by atoms with Gasteiger partial charge in [-0.3, -0.25) is 131 Å². The number of carboxylic acid groups (broad SMARTS) is 2. The van der Waals surface area contributed by atoms with Crippen LogP contribution >= 0.6 is 0 Å². The molecule has 143 heavy (non-hydrogen) atoms. The highest BCUT2D eigenvalue weighted by atomic mass is 16.4. The number of guanidine groups is 3. The zero-order valence-corrected chi connectivity index (χ0v) is 79.2. The molecule has 0 saturated carbocycles. The number of aliphatic hydroxyl groups excluding tert-OH is 1. The highest BCUT2D eigenvalue weighted by Gasteiger charge is 2.43. The van der Waals surface area contributed by atoms with Crippen molar-refractivity contribution in [3.8, 4) is 5.75 Å². The summed E-state index contributed by atoms with van der Waals surface area (Å²) in [7, 11) is 0. The van der Waals surface area contributed by atoms with Crippen LogP contribution in [0.2, 0.25) is 0 Å². The largest absolute Gasteiger partial charge is 0.508 e. The number of benzene rings is 1. The van der Waals surface area contributed by atoms with Crippen molar-refractivity contribution in [2.45, 2.75) is 265 Å². The number of phenolic OH excluding ortho intramolecular Hbond substituents is 1. The minimum absolute atomic E-state index is 0.0160. The molecule has 0 bridgehead atoms. The van der Waals surface area contributed by atoms with Gasteiger partial charge < -0.3 is 184 Å². The minimum atomic E-state index is -2.07. The van der Waals surface area contributed by atoms with Crippen LogP contribution in [0.5, 0.6) is 5.75 Å². The highest BCUT2D eigenvalue weighted by molar-refractivity contribution is 6.03. The molecule has 1 saturated heterocycles. The fourth-order valence-corrected chi connectivity index (χ4v) is 13.6. The SMILES string of the molecule is C[C@H](NC(=O)[C@H](C)NC(=O)[C@H](C)NC(=O)[C@H](CCC(N)=O)NC(=O)[C@H](CCCNC(=N)N)NC(=O)[C@H](CC(N)=O)NC(=O)[C@H](CCCNC(=N)N)NC(=O)[C@H](CCC(=O)O)NC(=O)[C@@H](N)Cc1ccc(O)cc1)C(=O)N[C@@H](C)C(=O)N[C@@H](CC(N)=O)C(=O)N1CCC[C@H]1C(=O)N[C@@H](CCC(=O)O)C(=O)N[C@@H](CC(N)=O)C(=O)N[C@@H](CO)C(=O)N[C@@H](CCCNC(=N)N)C(=O)NCC(=O)N[C@@H](CCCCN)C(N)=O. The van der Waals surface area contributed by atoms with Gasteiger partial charge in [0.05, 0.1) is 38.5 Å². The molecule has 2 rings (SSSR count). The van der Waals surface area contributed by atoms with Gasteiger partial charge in [0.2, 0.25) is 130 Å². The molecule has 1 aromatic rings. The van der Waals surface area contributed by atoms with E-state index in [-0.39, 0.29) is 96.3 Å².